The molecule has 2 heterocycles. The lowest BCUT2D eigenvalue weighted by Crippen LogP contribution is -2.33. The Kier molecular flexibility index (Phi) is 4.87. The molecule has 0 fully saturated rings. The van der Waals surface area contributed by atoms with Gasteiger partial charge in [-0.1, -0.05) is 13.0 Å². The van der Waals surface area contributed by atoms with Crippen LogP contribution in [0.4, 0.5) is 0 Å². The van der Waals surface area contributed by atoms with Crippen molar-refractivity contribution in [2.45, 2.75) is 26.4 Å². The Labute approximate surface area is 120 Å². The fourth-order valence-corrected chi connectivity index (χ4v) is 2.46. The molecule has 2 N–H and O–H groups in total. The highest BCUT2D eigenvalue weighted by atomic mass is 15.3. The second-order valence-corrected chi connectivity index (χ2v) is 4.94. The fraction of sp³-hybridized carbons (Fsp3) is 0.467. The van der Waals surface area contributed by atoms with Crippen LogP contribution in [0.3, 0.4) is 0 Å². The summed E-state index contributed by atoms with van der Waals surface area (Å²) in [6.45, 7) is 6.53. The van der Waals surface area contributed by atoms with Gasteiger partial charge < -0.3 is 5.73 Å². The average Bonchev–Trinajstić information content (AvgIpc) is 2.80. The third kappa shape index (κ3) is 3.05. The van der Waals surface area contributed by atoms with E-state index >= 15 is 0 Å². The summed E-state index contributed by atoms with van der Waals surface area (Å²) in [6.07, 6.45) is 3.75. The third-order valence-corrected chi connectivity index (χ3v) is 3.79. The predicted molar refractivity (Wildman–Crippen MR) is 80.1 cm³/mol. The number of rotatable bonds is 6. The monoisotopic (exact) mass is 273 g/mol. The van der Waals surface area contributed by atoms with Gasteiger partial charge in [-0.25, -0.2) is 0 Å². The van der Waals surface area contributed by atoms with Gasteiger partial charge in [-0.2, -0.15) is 5.10 Å². The van der Waals surface area contributed by atoms with Gasteiger partial charge in [0.15, 0.2) is 0 Å². The molecule has 0 saturated carbocycles. The van der Waals surface area contributed by atoms with Gasteiger partial charge in [0, 0.05) is 37.6 Å². The smallest absolute Gasteiger partial charge is 0.0544 e. The van der Waals surface area contributed by atoms with Crippen LogP contribution in [-0.2, 0) is 13.6 Å². The summed E-state index contributed by atoms with van der Waals surface area (Å²) < 4.78 is 1.90. The first-order valence-electron chi connectivity index (χ1n) is 6.99. The number of hydrogen-bond acceptors (Lipinski definition) is 4. The number of likely N-dealkylation sites (N-methyl/N-ethyl adjacent to an activating group) is 1. The minimum absolute atomic E-state index is 0.177. The number of aryl methyl sites for hydroxylation is 1. The highest BCUT2D eigenvalue weighted by molar-refractivity contribution is 5.21. The van der Waals surface area contributed by atoms with Crippen LogP contribution in [0, 0.1) is 6.92 Å². The highest BCUT2D eigenvalue weighted by Crippen LogP contribution is 2.23. The van der Waals surface area contributed by atoms with E-state index in [9.17, 15) is 0 Å². The molecule has 20 heavy (non-hydrogen) atoms. The molecule has 1 atom stereocenters. The summed E-state index contributed by atoms with van der Waals surface area (Å²) in [6, 6.07) is 6.18. The van der Waals surface area contributed by atoms with E-state index in [4.69, 9.17) is 5.73 Å². The first kappa shape index (κ1) is 14.7. The molecule has 2 rings (SSSR count). The van der Waals surface area contributed by atoms with Gasteiger partial charge in [0.2, 0.25) is 0 Å². The number of pyridine rings is 1. The maximum Gasteiger partial charge on any atom is 0.0544 e. The van der Waals surface area contributed by atoms with Gasteiger partial charge in [-0.15, -0.1) is 0 Å². The van der Waals surface area contributed by atoms with E-state index in [1.165, 1.54) is 11.3 Å². The summed E-state index contributed by atoms with van der Waals surface area (Å²) in [5, 5.41) is 4.33. The highest BCUT2D eigenvalue weighted by Gasteiger charge is 2.22. The quantitative estimate of drug-likeness (QED) is 0.869. The average molecular weight is 273 g/mol. The van der Waals surface area contributed by atoms with Crippen molar-refractivity contribution in [2.24, 2.45) is 12.8 Å². The van der Waals surface area contributed by atoms with E-state index < -0.39 is 0 Å². The van der Waals surface area contributed by atoms with Crippen LogP contribution in [0.2, 0.25) is 0 Å². The fourth-order valence-electron chi connectivity index (χ4n) is 2.46. The minimum Gasteiger partial charge on any atom is -0.329 e. The lowest BCUT2D eigenvalue weighted by molar-refractivity contribution is 0.200. The Bertz CT molecular complexity index is 534. The van der Waals surface area contributed by atoms with E-state index in [2.05, 4.69) is 28.8 Å². The molecule has 0 saturated heterocycles. The largest absolute Gasteiger partial charge is 0.329 e. The third-order valence-electron chi connectivity index (χ3n) is 3.79. The maximum absolute atomic E-state index is 6.01. The topological polar surface area (TPSA) is 60.0 Å². The molecule has 0 aliphatic carbocycles. The number of nitrogens with two attached hydrogens (primary N) is 1. The van der Waals surface area contributed by atoms with Gasteiger partial charge in [0.05, 0.1) is 17.9 Å². The Morgan fingerprint density at radius 2 is 2.20 bits per heavy atom. The molecule has 108 valence electrons. The summed E-state index contributed by atoms with van der Waals surface area (Å²) in [7, 11) is 1.96. The van der Waals surface area contributed by atoms with E-state index in [0.29, 0.717) is 6.54 Å². The molecule has 5 heteroatoms. The Balaban J connectivity index is 2.22. The molecule has 5 nitrogen and oxygen atoms in total. The van der Waals surface area contributed by atoms with E-state index in [1.807, 2.05) is 42.3 Å². The van der Waals surface area contributed by atoms with E-state index in [0.717, 1.165) is 18.8 Å². The molecule has 0 aliphatic rings. The second-order valence-electron chi connectivity index (χ2n) is 4.94. The SMILES string of the molecule is CCN(Cc1ccccn1)C(CN)c1cnn(C)c1C. The zero-order valence-electron chi connectivity index (χ0n) is 12.5. The van der Waals surface area contributed by atoms with Crippen LogP contribution >= 0.6 is 0 Å². The zero-order chi connectivity index (χ0) is 14.5. The molecule has 0 spiro atoms. The van der Waals surface area contributed by atoms with E-state index in [-0.39, 0.29) is 6.04 Å². The normalized spacial score (nSPS) is 12.8. The van der Waals surface area contributed by atoms with Crippen molar-refractivity contribution in [1.82, 2.24) is 19.7 Å². The molecule has 0 aromatic carbocycles. The summed E-state index contributed by atoms with van der Waals surface area (Å²) in [5.74, 6) is 0. The summed E-state index contributed by atoms with van der Waals surface area (Å²) in [4.78, 5) is 6.74. The van der Waals surface area contributed by atoms with Crippen molar-refractivity contribution in [3.8, 4) is 0 Å². The summed E-state index contributed by atoms with van der Waals surface area (Å²) in [5.41, 5.74) is 9.45. The Morgan fingerprint density at radius 3 is 2.70 bits per heavy atom. The predicted octanol–water partition coefficient (Wildman–Crippen LogP) is 1.65. The number of hydrogen-bond donors (Lipinski definition) is 1. The Morgan fingerprint density at radius 1 is 1.40 bits per heavy atom. The lowest BCUT2D eigenvalue weighted by Gasteiger charge is -2.29. The van der Waals surface area contributed by atoms with Crippen LogP contribution in [0.25, 0.3) is 0 Å². The first-order valence-corrected chi connectivity index (χ1v) is 6.99. The molecule has 0 aliphatic heterocycles. The van der Waals surface area contributed by atoms with Gasteiger partial charge in [0.1, 0.15) is 0 Å². The van der Waals surface area contributed by atoms with Crippen molar-refractivity contribution >= 4 is 0 Å². The maximum atomic E-state index is 6.01. The van der Waals surface area contributed by atoms with Crippen LogP contribution < -0.4 is 5.73 Å². The molecule has 0 amide bonds. The van der Waals surface area contributed by atoms with Crippen molar-refractivity contribution in [3.63, 3.8) is 0 Å². The van der Waals surface area contributed by atoms with Crippen LogP contribution in [0.15, 0.2) is 30.6 Å². The molecule has 1 unspecified atom stereocenters. The number of aromatic nitrogens is 3. The first-order chi connectivity index (χ1) is 9.67. The van der Waals surface area contributed by atoms with Crippen LogP contribution in [0.5, 0.6) is 0 Å². The van der Waals surface area contributed by atoms with Crippen molar-refractivity contribution in [2.75, 3.05) is 13.1 Å². The molecule has 2 aromatic rings. The van der Waals surface area contributed by atoms with Gasteiger partial charge >= 0.3 is 0 Å². The van der Waals surface area contributed by atoms with Gasteiger partial charge in [-0.3, -0.25) is 14.6 Å². The molecular formula is C15H23N5. The van der Waals surface area contributed by atoms with Gasteiger partial charge in [0.25, 0.3) is 0 Å². The standard InChI is InChI=1S/C15H23N5/c1-4-20(11-13-7-5-6-8-17-13)15(9-16)14-10-18-19(3)12(14)2/h5-8,10,15H,4,9,11,16H2,1-3H3. The van der Waals surface area contributed by atoms with Gasteiger partial charge in [-0.05, 0) is 25.6 Å². The molecular weight excluding hydrogens is 250 g/mol. The lowest BCUT2D eigenvalue weighted by atomic mass is 10.1. The zero-order valence-corrected chi connectivity index (χ0v) is 12.5. The number of nitrogens with zero attached hydrogens (tertiary/aromatic N) is 4. The summed E-state index contributed by atoms with van der Waals surface area (Å²) >= 11 is 0. The van der Waals surface area contributed by atoms with Crippen LogP contribution in [-0.4, -0.2) is 32.8 Å². The second kappa shape index (κ2) is 6.63. The van der Waals surface area contributed by atoms with E-state index in [1.54, 1.807) is 0 Å². The Hall–Kier alpha value is -1.72. The minimum atomic E-state index is 0.177. The van der Waals surface area contributed by atoms with Crippen molar-refractivity contribution in [3.05, 3.63) is 47.5 Å². The molecule has 0 radical (unpaired) electrons. The molecule has 0 bridgehead atoms. The van der Waals surface area contributed by atoms with Crippen LogP contribution in [0.1, 0.15) is 29.9 Å². The van der Waals surface area contributed by atoms with Crippen molar-refractivity contribution < 1.29 is 0 Å². The molecule has 2 aromatic heterocycles. The van der Waals surface area contributed by atoms with Crippen molar-refractivity contribution in [1.29, 1.82) is 0 Å².